The van der Waals surface area contributed by atoms with E-state index in [4.69, 9.17) is 4.74 Å². The van der Waals surface area contributed by atoms with Crippen LogP contribution in [0.3, 0.4) is 0 Å². The van der Waals surface area contributed by atoms with Crippen molar-refractivity contribution in [2.45, 2.75) is 45.3 Å². The molecule has 1 unspecified atom stereocenters. The van der Waals surface area contributed by atoms with Crippen LogP contribution in [0, 0.1) is 0 Å². The molecule has 1 aliphatic heterocycles. The van der Waals surface area contributed by atoms with Crippen LogP contribution in [0.15, 0.2) is 35.3 Å². The molecule has 6 nitrogen and oxygen atoms in total. The van der Waals surface area contributed by atoms with Gasteiger partial charge in [0.15, 0.2) is 0 Å². The van der Waals surface area contributed by atoms with Gasteiger partial charge in [0.1, 0.15) is 18.0 Å². The highest BCUT2D eigenvalue weighted by Gasteiger charge is 2.30. The van der Waals surface area contributed by atoms with E-state index in [9.17, 15) is 9.59 Å². The lowest BCUT2D eigenvalue weighted by atomic mass is 10.2. The Bertz CT molecular complexity index is 628. The van der Waals surface area contributed by atoms with E-state index in [0.29, 0.717) is 0 Å². The van der Waals surface area contributed by atoms with Crippen LogP contribution in [0.5, 0.6) is 0 Å². The maximum Gasteiger partial charge on any atom is 0.425 e. The molecule has 0 bridgehead atoms. The van der Waals surface area contributed by atoms with E-state index in [1.54, 1.807) is 27.0 Å². The van der Waals surface area contributed by atoms with Gasteiger partial charge in [0.25, 0.3) is 5.91 Å². The summed E-state index contributed by atoms with van der Waals surface area (Å²) in [5.74, 6) is -0.246. The number of para-hydroxylation sites is 1. The lowest BCUT2D eigenvalue weighted by Crippen LogP contribution is -2.36. The fraction of sp³-hybridized carbons (Fsp3) is 0.500. The third-order valence-electron chi connectivity index (χ3n) is 3.69. The molecule has 1 saturated heterocycles. The Kier molecular flexibility index (Phi) is 6.47. The molecule has 1 fully saturated rings. The summed E-state index contributed by atoms with van der Waals surface area (Å²) >= 11 is 1.14. The largest absolute Gasteiger partial charge is 0.443 e. The number of ether oxygens (including phenoxy) is 1. The number of nitrogens with zero attached hydrogens (tertiary/aromatic N) is 3. The third kappa shape index (κ3) is 5.49. The summed E-state index contributed by atoms with van der Waals surface area (Å²) in [6.45, 7) is 6.21. The van der Waals surface area contributed by atoms with Crippen molar-refractivity contribution in [3.05, 3.63) is 30.3 Å². The zero-order chi connectivity index (χ0) is 18.4. The van der Waals surface area contributed by atoms with Crippen molar-refractivity contribution >= 4 is 36.0 Å². The number of carbonyl (C=O) groups excluding carboxylic acids is 2. The Morgan fingerprint density at radius 3 is 2.60 bits per heavy atom. The predicted octanol–water partition coefficient (Wildman–Crippen LogP) is 3.73. The number of anilines is 1. The van der Waals surface area contributed by atoms with Crippen LogP contribution in [-0.4, -0.2) is 47.1 Å². The van der Waals surface area contributed by atoms with Gasteiger partial charge in [0.2, 0.25) is 0 Å². The number of hydrogen-bond acceptors (Lipinski definition) is 5. The van der Waals surface area contributed by atoms with Crippen LogP contribution in [0.2, 0.25) is 0 Å². The van der Waals surface area contributed by atoms with Crippen molar-refractivity contribution in [2.75, 3.05) is 17.7 Å². The van der Waals surface area contributed by atoms with E-state index < -0.39 is 11.7 Å². The summed E-state index contributed by atoms with van der Waals surface area (Å²) in [5.41, 5.74) is 0.417. The minimum absolute atomic E-state index is 0.246. The monoisotopic (exact) mass is 363 g/mol. The fourth-order valence-electron chi connectivity index (χ4n) is 2.62. The molecule has 1 aliphatic rings. The average Bonchev–Trinajstić information content (AvgIpc) is 3.04. The molecule has 2 amide bonds. The van der Waals surface area contributed by atoms with Gasteiger partial charge in [0, 0.05) is 18.5 Å². The van der Waals surface area contributed by atoms with Gasteiger partial charge in [-0.05, 0) is 57.7 Å². The summed E-state index contributed by atoms with van der Waals surface area (Å²) in [6, 6.07) is 9.55. The fourth-order valence-corrected chi connectivity index (χ4v) is 2.95. The minimum atomic E-state index is -0.599. The van der Waals surface area contributed by atoms with Crippen LogP contribution in [-0.2, 0) is 9.53 Å². The van der Waals surface area contributed by atoms with E-state index >= 15 is 0 Å². The standard InChI is InChI=1S/C18H25N3O3S/c1-18(2,3)24-17(23)21(25-4)13-19-16(22)15-11-8-12-20(15)14-9-6-5-7-10-14/h5-7,9-10,13,15H,8,11-12H2,1-4H3. The van der Waals surface area contributed by atoms with Gasteiger partial charge in [-0.2, -0.15) is 0 Å². The van der Waals surface area contributed by atoms with Crippen molar-refractivity contribution in [3.63, 3.8) is 0 Å². The zero-order valence-corrected chi connectivity index (χ0v) is 16.0. The average molecular weight is 363 g/mol. The van der Waals surface area contributed by atoms with Gasteiger partial charge in [-0.3, -0.25) is 4.79 Å². The molecule has 0 radical (unpaired) electrons. The molecule has 1 aromatic carbocycles. The van der Waals surface area contributed by atoms with E-state index in [0.717, 1.165) is 37.0 Å². The molecule has 2 rings (SSSR count). The molecule has 136 valence electrons. The molecule has 0 spiro atoms. The topological polar surface area (TPSA) is 62.2 Å². The van der Waals surface area contributed by atoms with Crippen LogP contribution < -0.4 is 4.90 Å². The molecule has 1 aromatic rings. The first-order chi connectivity index (χ1) is 11.8. The van der Waals surface area contributed by atoms with E-state index in [-0.39, 0.29) is 11.9 Å². The van der Waals surface area contributed by atoms with Gasteiger partial charge in [0.05, 0.1) is 0 Å². The Morgan fingerprint density at radius 1 is 1.32 bits per heavy atom. The maximum atomic E-state index is 12.5. The highest BCUT2D eigenvalue weighted by atomic mass is 32.2. The first-order valence-electron chi connectivity index (χ1n) is 8.28. The minimum Gasteiger partial charge on any atom is -0.443 e. The van der Waals surface area contributed by atoms with E-state index in [1.807, 2.05) is 30.3 Å². The molecular weight excluding hydrogens is 338 g/mol. The molecule has 0 saturated carbocycles. The number of aliphatic imine (C=N–C) groups is 1. The smallest absolute Gasteiger partial charge is 0.425 e. The van der Waals surface area contributed by atoms with Crippen molar-refractivity contribution in [3.8, 4) is 0 Å². The molecule has 0 N–H and O–H groups in total. The lowest BCUT2D eigenvalue weighted by Gasteiger charge is -2.25. The van der Waals surface area contributed by atoms with Crippen molar-refractivity contribution in [1.29, 1.82) is 0 Å². The first kappa shape index (κ1) is 19.3. The van der Waals surface area contributed by atoms with Crippen LogP contribution in [0.25, 0.3) is 0 Å². The highest BCUT2D eigenvalue weighted by molar-refractivity contribution is 7.97. The Balaban J connectivity index is 2.04. The molecule has 25 heavy (non-hydrogen) atoms. The first-order valence-corrected chi connectivity index (χ1v) is 9.46. The Morgan fingerprint density at radius 2 is 2.00 bits per heavy atom. The SMILES string of the molecule is CSN(C=NC(=O)C1CCCN1c1ccccc1)C(=O)OC(C)(C)C. The van der Waals surface area contributed by atoms with Gasteiger partial charge < -0.3 is 9.64 Å². The quantitative estimate of drug-likeness (QED) is 0.463. The zero-order valence-electron chi connectivity index (χ0n) is 15.1. The lowest BCUT2D eigenvalue weighted by molar-refractivity contribution is -0.118. The predicted molar refractivity (Wildman–Crippen MR) is 102 cm³/mol. The van der Waals surface area contributed by atoms with Gasteiger partial charge in [-0.1, -0.05) is 18.2 Å². The highest BCUT2D eigenvalue weighted by Crippen LogP contribution is 2.26. The van der Waals surface area contributed by atoms with Crippen LogP contribution in [0.4, 0.5) is 10.5 Å². The molecule has 1 atom stereocenters. The molecule has 0 aromatic heterocycles. The molecular formula is C18H25N3O3S. The number of benzene rings is 1. The van der Waals surface area contributed by atoms with Crippen LogP contribution >= 0.6 is 11.9 Å². The maximum absolute atomic E-state index is 12.5. The molecule has 1 heterocycles. The number of hydrogen-bond donors (Lipinski definition) is 0. The van der Waals surface area contributed by atoms with Gasteiger partial charge >= 0.3 is 6.09 Å². The second-order valence-electron chi connectivity index (χ2n) is 6.76. The number of amides is 2. The normalized spacial score (nSPS) is 17.8. The third-order valence-corrected chi connectivity index (χ3v) is 4.32. The summed E-state index contributed by atoms with van der Waals surface area (Å²) in [6.07, 6.45) is 4.15. The van der Waals surface area contributed by atoms with Gasteiger partial charge in [-0.15, -0.1) is 0 Å². The summed E-state index contributed by atoms with van der Waals surface area (Å²) < 4.78 is 6.52. The Labute approximate surface area is 153 Å². The van der Waals surface area contributed by atoms with E-state index in [1.165, 1.54) is 10.6 Å². The second-order valence-corrected chi connectivity index (χ2v) is 7.52. The summed E-state index contributed by atoms with van der Waals surface area (Å²) in [5, 5.41) is 0. The van der Waals surface area contributed by atoms with Crippen molar-refractivity contribution < 1.29 is 14.3 Å². The van der Waals surface area contributed by atoms with Gasteiger partial charge in [-0.25, -0.2) is 14.1 Å². The van der Waals surface area contributed by atoms with Crippen LogP contribution in [0.1, 0.15) is 33.6 Å². The van der Waals surface area contributed by atoms with Crippen molar-refractivity contribution in [2.24, 2.45) is 4.99 Å². The Hall–Kier alpha value is -2.02. The summed E-state index contributed by atoms with van der Waals surface area (Å²) in [4.78, 5) is 30.7. The van der Waals surface area contributed by atoms with Crippen molar-refractivity contribution in [1.82, 2.24) is 4.31 Å². The van der Waals surface area contributed by atoms with E-state index in [2.05, 4.69) is 9.89 Å². The summed E-state index contributed by atoms with van der Waals surface area (Å²) in [7, 11) is 0. The number of carbonyl (C=O) groups is 2. The number of rotatable bonds is 4. The molecule has 0 aliphatic carbocycles. The molecule has 7 heteroatoms. The second kappa shape index (κ2) is 8.38.